The van der Waals surface area contributed by atoms with Gasteiger partial charge in [0.15, 0.2) is 0 Å². The lowest BCUT2D eigenvalue weighted by Gasteiger charge is -2.37. The zero-order valence-corrected chi connectivity index (χ0v) is 52.0. The summed E-state index contributed by atoms with van der Waals surface area (Å²) in [6.45, 7) is 3.04. The van der Waals surface area contributed by atoms with E-state index in [-0.39, 0.29) is 37.0 Å². The first-order chi connectivity index (χ1) is 41.9. The van der Waals surface area contributed by atoms with Crippen LogP contribution >= 0.6 is 35.1 Å². The normalized spacial score (nSPS) is 11.9. The van der Waals surface area contributed by atoms with Gasteiger partial charge in [-0.1, -0.05) is 257 Å². The first kappa shape index (κ1) is 67.7. The predicted molar refractivity (Wildman–Crippen MR) is 357 cm³/mol. The Morgan fingerprint density at radius 3 is 0.988 bits per heavy atom. The van der Waals surface area contributed by atoms with E-state index in [1.165, 1.54) is 33.4 Å². The quantitative estimate of drug-likeness (QED) is 0.0119. The Morgan fingerprint density at radius 2 is 0.694 bits per heavy atom. The van der Waals surface area contributed by atoms with E-state index in [9.17, 15) is 14.7 Å². The van der Waals surface area contributed by atoms with E-state index in [0.717, 1.165) is 77.3 Å². The van der Waals surface area contributed by atoms with E-state index in [1.807, 2.05) is 48.9 Å². The summed E-state index contributed by atoms with van der Waals surface area (Å²) in [7, 11) is 0. The fourth-order valence-electron chi connectivity index (χ4n) is 10.6. The highest BCUT2D eigenvalue weighted by atomic mass is 35.5. The molecule has 0 spiro atoms. The second-order valence-corrected chi connectivity index (χ2v) is 23.2. The summed E-state index contributed by atoms with van der Waals surface area (Å²) in [5.74, 6) is 0.220. The van der Waals surface area contributed by atoms with Crippen molar-refractivity contribution in [1.82, 2.24) is 10.6 Å². The van der Waals surface area contributed by atoms with E-state index in [1.54, 1.807) is 47.8 Å². The van der Waals surface area contributed by atoms with Crippen LogP contribution in [-0.4, -0.2) is 80.2 Å². The second kappa shape index (κ2) is 40.0. The van der Waals surface area contributed by atoms with Crippen LogP contribution in [0.25, 0.3) is 0 Å². The summed E-state index contributed by atoms with van der Waals surface area (Å²) in [5, 5.41) is 18.4. The largest absolute Gasteiger partial charge is 0.462 e. The van der Waals surface area contributed by atoms with Crippen LogP contribution in [0.5, 0.6) is 0 Å². The molecule has 0 fully saturated rings. The molecule has 0 amide bonds. The van der Waals surface area contributed by atoms with Crippen molar-refractivity contribution in [2.75, 3.05) is 63.2 Å². The number of esters is 2. The van der Waals surface area contributed by atoms with Gasteiger partial charge < -0.3 is 19.3 Å². The number of halogens is 1. The summed E-state index contributed by atoms with van der Waals surface area (Å²) in [4.78, 5) is 24.6. The highest BCUT2D eigenvalue weighted by molar-refractivity contribution is 7.99. The Morgan fingerprint density at radius 1 is 0.412 bits per heavy atom. The van der Waals surface area contributed by atoms with Crippen LogP contribution < -0.4 is 10.6 Å². The van der Waals surface area contributed by atoms with E-state index < -0.39 is 11.1 Å². The van der Waals surface area contributed by atoms with Gasteiger partial charge in [0, 0.05) is 18.4 Å². The number of hydrogen-bond donors (Lipinski definition) is 3. The average Bonchev–Trinajstić information content (AvgIpc) is 3.22. The Hall–Kier alpha value is -6.47. The van der Waals surface area contributed by atoms with Gasteiger partial charge in [0.1, 0.15) is 0 Å². The van der Waals surface area contributed by atoms with E-state index in [2.05, 4.69) is 193 Å². The van der Waals surface area contributed by atoms with Gasteiger partial charge in [-0.25, -0.2) is 9.59 Å². The van der Waals surface area contributed by atoms with Crippen LogP contribution in [0.1, 0.15) is 118 Å². The van der Waals surface area contributed by atoms with Gasteiger partial charge in [-0.2, -0.15) is 0 Å². The lowest BCUT2D eigenvalue weighted by Crippen LogP contribution is -2.45. The number of aliphatic hydroxyl groups is 1. The fraction of sp³-hybridized carbons (Fsp3) is 0.324. The summed E-state index contributed by atoms with van der Waals surface area (Å²) in [6, 6.07) is 82.4. The molecule has 0 saturated heterocycles. The molecular formula is C74H87ClN2O6S2. The third-order valence-corrected chi connectivity index (χ3v) is 16.2. The predicted octanol–water partition coefficient (Wildman–Crippen LogP) is 16.9. The maximum Gasteiger partial charge on any atom is 0.338 e. The number of thioether (sulfide) groups is 2. The number of carbonyl (C=O) groups is 2. The third kappa shape index (κ3) is 22.1. The lowest BCUT2D eigenvalue weighted by molar-refractivity contribution is 0.0320. The minimum absolute atomic E-state index is 0.0252. The molecule has 0 heterocycles. The van der Waals surface area contributed by atoms with Crippen LogP contribution in [0.15, 0.2) is 243 Å². The highest BCUT2D eigenvalue weighted by Crippen LogP contribution is 2.38. The Bertz CT molecular complexity index is 2780. The molecule has 0 radical (unpaired) electrons. The SMILES string of the molecule is CSCCl.CSCOCC(CCCCCCNC(c1ccccc1)(c1ccccc1)c1ccccc1)COC(=O)c1ccccc1.O=C(OCC(CO)CCCCCCNC(c1ccccc1)(c1ccccc1)c1ccccc1)c1ccccc1. The van der Waals surface area contributed by atoms with Crippen molar-refractivity contribution in [2.24, 2.45) is 11.8 Å². The van der Waals surface area contributed by atoms with Crippen molar-refractivity contribution >= 4 is 47.1 Å². The zero-order chi connectivity index (χ0) is 59.9. The van der Waals surface area contributed by atoms with Crippen LogP contribution in [0.4, 0.5) is 0 Å². The molecular weight excluding hydrogens is 1110 g/mol. The molecule has 0 aromatic heterocycles. The van der Waals surface area contributed by atoms with Crippen LogP contribution in [-0.2, 0) is 25.3 Å². The van der Waals surface area contributed by atoms with Crippen molar-refractivity contribution in [3.05, 3.63) is 287 Å². The molecule has 2 atom stereocenters. The highest BCUT2D eigenvalue weighted by Gasteiger charge is 2.37. The van der Waals surface area contributed by atoms with E-state index in [0.29, 0.717) is 35.5 Å². The van der Waals surface area contributed by atoms with Gasteiger partial charge in [-0.3, -0.25) is 10.6 Å². The Balaban J connectivity index is 0.000000257. The number of aliphatic hydroxyl groups excluding tert-OH is 1. The third-order valence-electron chi connectivity index (χ3n) is 14.9. The molecule has 0 aliphatic heterocycles. The van der Waals surface area contributed by atoms with Gasteiger partial charge in [0.2, 0.25) is 0 Å². The molecule has 8 rings (SSSR count). The number of unbranched alkanes of at least 4 members (excludes halogenated alkanes) is 6. The molecule has 3 N–H and O–H groups in total. The van der Waals surface area contributed by atoms with Crippen molar-refractivity contribution in [3.8, 4) is 0 Å². The van der Waals surface area contributed by atoms with E-state index in [4.69, 9.17) is 25.8 Å². The second-order valence-electron chi connectivity index (χ2n) is 21.0. The Labute approximate surface area is 520 Å². The molecule has 448 valence electrons. The molecule has 8 aromatic carbocycles. The topological polar surface area (TPSA) is 106 Å². The van der Waals surface area contributed by atoms with Crippen molar-refractivity contribution in [1.29, 1.82) is 0 Å². The smallest absolute Gasteiger partial charge is 0.338 e. The van der Waals surface area contributed by atoms with Crippen LogP contribution in [0.2, 0.25) is 0 Å². The summed E-state index contributed by atoms with van der Waals surface area (Å²) < 4.78 is 16.9. The average molecular weight is 1200 g/mol. The maximum absolute atomic E-state index is 12.4. The maximum atomic E-state index is 12.4. The summed E-state index contributed by atoms with van der Waals surface area (Å²) >= 11 is 8.43. The fourth-order valence-corrected chi connectivity index (χ4v) is 10.8. The van der Waals surface area contributed by atoms with Crippen molar-refractivity contribution in [3.63, 3.8) is 0 Å². The number of nitrogens with one attached hydrogen (secondary N) is 2. The van der Waals surface area contributed by atoms with Gasteiger partial charge in [0.25, 0.3) is 0 Å². The monoisotopic (exact) mass is 1200 g/mol. The number of carbonyl (C=O) groups excluding carboxylic acids is 2. The molecule has 0 bridgehead atoms. The number of alkyl halides is 1. The number of hydrogen-bond acceptors (Lipinski definition) is 10. The van der Waals surface area contributed by atoms with Gasteiger partial charge in [0.05, 0.1) is 53.2 Å². The molecule has 8 nitrogen and oxygen atoms in total. The van der Waals surface area contributed by atoms with Crippen LogP contribution in [0, 0.1) is 11.8 Å². The minimum Gasteiger partial charge on any atom is -0.462 e. The molecule has 85 heavy (non-hydrogen) atoms. The van der Waals surface area contributed by atoms with Gasteiger partial charge in [-0.05, 0) is 109 Å². The number of benzene rings is 8. The molecule has 2 unspecified atom stereocenters. The molecule has 0 aliphatic rings. The molecule has 0 aliphatic carbocycles. The molecule has 11 heteroatoms. The first-order valence-electron chi connectivity index (χ1n) is 29.9. The molecule has 0 saturated carbocycles. The van der Waals surface area contributed by atoms with E-state index >= 15 is 0 Å². The standard InChI is InChI=1S/C37H43NO3S.C35H39NO3.C2H5ClS/c1-42-30-40-28-31(29-41-36(39)32-19-9-4-10-20-32)18-8-2-3-17-27-38-37(33-21-11-5-12-22-33,34-23-13-6-14-24-34)35-25-15-7-16-26-35;37-27-29(28-39-34(38)30-18-8-3-9-19-30)17-7-1-2-16-26-36-35(31-20-10-4-11-21-31,32-22-12-5-13-23-32)33-24-14-6-15-25-33;1-4-2-3/h4-7,9-16,19-26,31,38H,2-3,8,17-18,27-30H2,1H3;3-6,8-15,18-25,29,36-37H,1-2,7,16-17,26-28H2;2H2,1H3. The van der Waals surface area contributed by atoms with Gasteiger partial charge >= 0.3 is 11.9 Å². The van der Waals surface area contributed by atoms with Crippen molar-refractivity contribution in [2.45, 2.75) is 75.3 Å². The zero-order valence-electron chi connectivity index (χ0n) is 49.7. The van der Waals surface area contributed by atoms with Crippen LogP contribution in [0.3, 0.4) is 0 Å². The lowest BCUT2D eigenvalue weighted by atomic mass is 9.77. The first-order valence-corrected chi connectivity index (χ1v) is 33.2. The van der Waals surface area contributed by atoms with Crippen molar-refractivity contribution < 1.29 is 28.9 Å². The number of rotatable bonds is 34. The summed E-state index contributed by atoms with van der Waals surface area (Å²) in [5.41, 5.74) is 7.64. The molecule has 8 aromatic rings. The number of ether oxygens (including phenoxy) is 3. The Kier molecular flexibility index (Phi) is 31.8. The van der Waals surface area contributed by atoms with Gasteiger partial charge in [-0.15, -0.1) is 35.1 Å². The summed E-state index contributed by atoms with van der Waals surface area (Å²) in [6.07, 6.45) is 14.4. The minimum atomic E-state index is -0.436.